The Morgan fingerprint density at radius 2 is 2.31 bits per heavy atom. The van der Waals surface area contributed by atoms with Crippen molar-refractivity contribution in [3.05, 3.63) is 22.6 Å². The van der Waals surface area contributed by atoms with E-state index in [-0.39, 0.29) is 5.56 Å². The van der Waals surface area contributed by atoms with Crippen LogP contribution in [-0.4, -0.2) is 28.3 Å². The molecular weight excluding hydrogens is 222 g/mol. The fourth-order valence-electron chi connectivity index (χ4n) is 1.20. The highest BCUT2D eigenvalue weighted by Gasteiger charge is 2.00. The summed E-state index contributed by atoms with van der Waals surface area (Å²) in [5.41, 5.74) is 0.766. The van der Waals surface area contributed by atoms with Gasteiger partial charge in [0.15, 0.2) is 0 Å². The molecule has 0 aliphatic carbocycles. The molecule has 1 heterocycles. The summed E-state index contributed by atoms with van der Waals surface area (Å²) in [6.07, 6.45) is 3.73. The van der Waals surface area contributed by atoms with Crippen LogP contribution < -0.4 is 10.9 Å². The number of aryl methyl sites for hydroxylation is 1. The Balaban J connectivity index is 2.63. The van der Waals surface area contributed by atoms with Crippen molar-refractivity contribution < 1.29 is 0 Å². The maximum absolute atomic E-state index is 11.6. The average Bonchev–Trinajstić information content (AvgIpc) is 2.25. The smallest absolute Gasteiger partial charge is 0.268 e. The molecule has 0 amide bonds. The van der Waals surface area contributed by atoms with Crippen LogP contribution >= 0.6 is 11.8 Å². The van der Waals surface area contributed by atoms with E-state index in [1.54, 1.807) is 24.0 Å². The molecule has 0 radical (unpaired) electrons. The lowest BCUT2D eigenvalue weighted by Crippen LogP contribution is -2.24. The summed E-state index contributed by atoms with van der Waals surface area (Å²) in [6, 6.07) is 1.61. The number of nitrogens with one attached hydrogen (secondary N) is 1. The molecule has 1 aromatic rings. The van der Waals surface area contributed by atoms with Gasteiger partial charge in [-0.25, -0.2) is 4.68 Å². The molecule has 0 bridgehead atoms. The molecule has 0 unspecified atom stereocenters. The molecule has 1 aromatic heterocycles. The zero-order valence-electron chi connectivity index (χ0n) is 10.1. The first-order chi connectivity index (χ1) is 7.63. The van der Waals surface area contributed by atoms with Crippen molar-refractivity contribution in [1.82, 2.24) is 9.78 Å². The molecule has 0 aliphatic heterocycles. The van der Waals surface area contributed by atoms with Crippen molar-refractivity contribution in [2.75, 3.05) is 23.9 Å². The molecule has 16 heavy (non-hydrogen) atoms. The van der Waals surface area contributed by atoms with Gasteiger partial charge >= 0.3 is 0 Å². The van der Waals surface area contributed by atoms with Crippen LogP contribution in [0.25, 0.3) is 0 Å². The Kier molecular flexibility index (Phi) is 5.38. The standard InChI is InChI=1S/C11H19N3OS/c1-9(2)7-12-10-6-11(15)14(13-8-10)4-5-16-3/h6,8-9,12H,4-5,7H2,1-3H3. The Morgan fingerprint density at radius 1 is 1.56 bits per heavy atom. The monoisotopic (exact) mass is 241 g/mol. The fraction of sp³-hybridized carbons (Fsp3) is 0.636. The lowest BCUT2D eigenvalue weighted by molar-refractivity contribution is 0.620. The Bertz CT molecular complexity index is 376. The predicted molar refractivity (Wildman–Crippen MR) is 70.2 cm³/mol. The summed E-state index contributed by atoms with van der Waals surface area (Å²) < 4.78 is 1.50. The summed E-state index contributed by atoms with van der Waals surface area (Å²) in [7, 11) is 0. The van der Waals surface area contributed by atoms with Gasteiger partial charge in [0, 0.05) is 18.4 Å². The maximum Gasteiger partial charge on any atom is 0.268 e. The van der Waals surface area contributed by atoms with Gasteiger partial charge in [0.1, 0.15) is 0 Å². The van der Waals surface area contributed by atoms with E-state index in [1.807, 2.05) is 6.26 Å². The molecule has 90 valence electrons. The summed E-state index contributed by atoms with van der Waals surface area (Å²) in [4.78, 5) is 11.6. The van der Waals surface area contributed by atoms with Gasteiger partial charge in [0.2, 0.25) is 0 Å². The van der Waals surface area contributed by atoms with E-state index >= 15 is 0 Å². The first-order valence-electron chi connectivity index (χ1n) is 5.43. The van der Waals surface area contributed by atoms with E-state index in [9.17, 15) is 4.79 Å². The highest BCUT2D eigenvalue weighted by Crippen LogP contribution is 2.02. The van der Waals surface area contributed by atoms with Gasteiger partial charge in [-0.05, 0) is 12.2 Å². The SMILES string of the molecule is CSCCn1ncc(NCC(C)C)cc1=O. The topological polar surface area (TPSA) is 46.9 Å². The minimum Gasteiger partial charge on any atom is -0.383 e. The number of aromatic nitrogens is 2. The molecule has 4 nitrogen and oxygen atoms in total. The molecule has 1 rings (SSSR count). The summed E-state index contributed by atoms with van der Waals surface area (Å²) in [6.45, 7) is 5.78. The molecule has 0 aromatic carbocycles. The minimum absolute atomic E-state index is 0.0391. The Morgan fingerprint density at radius 3 is 2.88 bits per heavy atom. The van der Waals surface area contributed by atoms with E-state index in [4.69, 9.17) is 0 Å². The zero-order valence-corrected chi connectivity index (χ0v) is 10.9. The molecule has 0 fully saturated rings. The third-order valence-corrected chi connectivity index (χ3v) is 2.68. The van der Waals surface area contributed by atoms with Gasteiger partial charge in [-0.15, -0.1) is 0 Å². The third-order valence-electron chi connectivity index (χ3n) is 2.09. The largest absolute Gasteiger partial charge is 0.383 e. The van der Waals surface area contributed by atoms with Gasteiger partial charge in [0.25, 0.3) is 5.56 Å². The first-order valence-corrected chi connectivity index (χ1v) is 6.83. The minimum atomic E-state index is -0.0391. The van der Waals surface area contributed by atoms with E-state index < -0.39 is 0 Å². The predicted octanol–water partition coefficient (Wildman–Crippen LogP) is 1.67. The van der Waals surface area contributed by atoms with Gasteiger partial charge in [-0.2, -0.15) is 16.9 Å². The second-order valence-electron chi connectivity index (χ2n) is 4.07. The van der Waals surface area contributed by atoms with Crippen molar-refractivity contribution in [1.29, 1.82) is 0 Å². The number of thioether (sulfide) groups is 1. The van der Waals surface area contributed by atoms with E-state index in [2.05, 4.69) is 24.3 Å². The van der Waals surface area contributed by atoms with Gasteiger partial charge in [0.05, 0.1) is 18.4 Å². The van der Waals surface area contributed by atoms with Crippen molar-refractivity contribution in [3.63, 3.8) is 0 Å². The fourth-order valence-corrected chi connectivity index (χ4v) is 1.55. The van der Waals surface area contributed by atoms with Crippen molar-refractivity contribution in [2.24, 2.45) is 5.92 Å². The van der Waals surface area contributed by atoms with Crippen molar-refractivity contribution >= 4 is 17.4 Å². The molecule has 0 aliphatic rings. The van der Waals surface area contributed by atoms with Crippen LogP contribution in [-0.2, 0) is 6.54 Å². The number of hydrogen-bond acceptors (Lipinski definition) is 4. The first kappa shape index (κ1) is 13.1. The average molecular weight is 241 g/mol. The lowest BCUT2D eigenvalue weighted by Gasteiger charge is -2.09. The molecular formula is C11H19N3OS. The third kappa shape index (κ3) is 4.26. The van der Waals surface area contributed by atoms with E-state index in [1.165, 1.54) is 4.68 Å². The van der Waals surface area contributed by atoms with Crippen LogP contribution in [0.5, 0.6) is 0 Å². The van der Waals surface area contributed by atoms with Crippen LogP contribution in [0, 0.1) is 5.92 Å². The molecule has 1 N–H and O–H groups in total. The van der Waals surface area contributed by atoms with E-state index in [0.29, 0.717) is 12.5 Å². The summed E-state index contributed by atoms with van der Waals surface area (Å²) in [5.74, 6) is 1.46. The van der Waals surface area contributed by atoms with Crippen LogP contribution in [0.2, 0.25) is 0 Å². The van der Waals surface area contributed by atoms with Crippen LogP contribution in [0.1, 0.15) is 13.8 Å². The molecule has 5 heteroatoms. The quantitative estimate of drug-likeness (QED) is 0.823. The van der Waals surface area contributed by atoms with Gasteiger partial charge in [-0.1, -0.05) is 13.8 Å². The Hall–Kier alpha value is -0.970. The Labute approximate surface area is 100 Å². The summed E-state index contributed by atoms with van der Waals surface area (Å²) >= 11 is 1.71. The van der Waals surface area contributed by atoms with Gasteiger partial charge in [-0.3, -0.25) is 4.79 Å². The highest BCUT2D eigenvalue weighted by atomic mass is 32.2. The van der Waals surface area contributed by atoms with E-state index in [0.717, 1.165) is 18.0 Å². The second-order valence-corrected chi connectivity index (χ2v) is 5.06. The summed E-state index contributed by atoms with van der Waals surface area (Å²) in [5, 5.41) is 7.31. The van der Waals surface area contributed by atoms with Crippen LogP contribution in [0.15, 0.2) is 17.1 Å². The molecule has 0 saturated carbocycles. The number of hydrogen-bond donors (Lipinski definition) is 1. The van der Waals surface area contributed by atoms with Crippen LogP contribution in [0.4, 0.5) is 5.69 Å². The number of nitrogens with zero attached hydrogens (tertiary/aromatic N) is 2. The van der Waals surface area contributed by atoms with Crippen molar-refractivity contribution in [2.45, 2.75) is 20.4 Å². The van der Waals surface area contributed by atoms with Crippen LogP contribution in [0.3, 0.4) is 0 Å². The molecule has 0 spiro atoms. The second kappa shape index (κ2) is 6.58. The zero-order chi connectivity index (χ0) is 12.0. The highest BCUT2D eigenvalue weighted by molar-refractivity contribution is 7.98. The number of rotatable bonds is 6. The lowest BCUT2D eigenvalue weighted by atomic mass is 10.2. The number of anilines is 1. The van der Waals surface area contributed by atoms with Crippen molar-refractivity contribution in [3.8, 4) is 0 Å². The maximum atomic E-state index is 11.6. The molecule has 0 atom stereocenters. The van der Waals surface area contributed by atoms with Gasteiger partial charge < -0.3 is 5.32 Å². The molecule has 0 saturated heterocycles. The normalized spacial score (nSPS) is 10.8.